The van der Waals surface area contributed by atoms with E-state index < -0.39 is 0 Å². The van der Waals surface area contributed by atoms with Gasteiger partial charge in [-0.1, -0.05) is 61.0 Å². The van der Waals surface area contributed by atoms with Gasteiger partial charge in [0.1, 0.15) is 5.76 Å². The third-order valence-corrected chi connectivity index (χ3v) is 5.82. The van der Waals surface area contributed by atoms with Crippen molar-refractivity contribution in [1.82, 2.24) is 5.16 Å². The summed E-state index contributed by atoms with van der Waals surface area (Å²) in [5.41, 5.74) is 5.45. The van der Waals surface area contributed by atoms with E-state index in [-0.39, 0.29) is 5.25 Å². The lowest BCUT2D eigenvalue weighted by Crippen LogP contribution is -1.96. The van der Waals surface area contributed by atoms with E-state index >= 15 is 0 Å². The third kappa shape index (κ3) is 5.59. The summed E-state index contributed by atoms with van der Waals surface area (Å²) in [5, 5.41) is 4.41. The van der Waals surface area contributed by atoms with Gasteiger partial charge in [0.25, 0.3) is 0 Å². The monoisotopic (exact) mass is 392 g/mol. The largest absolute Gasteiger partial charge is 0.361 e. The topological polar surface area (TPSA) is 38.4 Å². The Morgan fingerprint density at radius 2 is 2.04 bits per heavy atom. The van der Waals surface area contributed by atoms with E-state index in [9.17, 15) is 0 Å². The van der Waals surface area contributed by atoms with Crippen LogP contribution in [0, 0.1) is 13.8 Å². The van der Waals surface area contributed by atoms with Gasteiger partial charge in [-0.3, -0.25) is 4.99 Å². The molecule has 4 heteroatoms. The van der Waals surface area contributed by atoms with Crippen LogP contribution in [0.3, 0.4) is 0 Å². The number of rotatable bonds is 8. The van der Waals surface area contributed by atoms with Crippen molar-refractivity contribution in [3.05, 3.63) is 82.9 Å². The summed E-state index contributed by atoms with van der Waals surface area (Å²) in [6.45, 7) is 6.17. The van der Waals surface area contributed by atoms with Gasteiger partial charge in [-0.25, -0.2) is 0 Å². The van der Waals surface area contributed by atoms with Crippen molar-refractivity contribution in [2.24, 2.45) is 4.99 Å². The summed E-state index contributed by atoms with van der Waals surface area (Å²) in [7, 11) is 0. The fourth-order valence-electron chi connectivity index (χ4n) is 3.15. The van der Waals surface area contributed by atoms with E-state index in [4.69, 9.17) is 9.52 Å². The smallest absolute Gasteiger partial charge is 0.141 e. The van der Waals surface area contributed by atoms with Crippen molar-refractivity contribution >= 4 is 23.5 Å². The molecule has 1 aliphatic rings. The summed E-state index contributed by atoms with van der Waals surface area (Å²) in [4.78, 5) is 4.70. The molecule has 0 radical (unpaired) electrons. The third-order valence-electron chi connectivity index (χ3n) is 4.64. The maximum atomic E-state index is 5.42. The summed E-state index contributed by atoms with van der Waals surface area (Å²) >= 11 is 1.91. The first kappa shape index (κ1) is 20.4. The summed E-state index contributed by atoms with van der Waals surface area (Å²) in [6, 6.07) is 10.6. The highest BCUT2D eigenvalue weighted by molar-refractivity contribution is 7.99. The zero-order valence-electron chi connectivity index (χ0n) is 16.9. The molecular formula is C24H28N2OS. The molecule has 0 bridgehead atoms. The van der Waals surface area contributed by atoms with Gasteiger partial charge in [-0.15, -0.1) is 11.8 Å². The van der Waals surface area contributed by atoms with Crippen molar-refractivity contribution in [1.29, 1.82) is 0 Å². The molecule has 1 heterocycles. The highest BCUT2D eigenvalue weighted by atomic mass is 32.2. The minimum Gasteiger partial charge on any atom is -0.361 e. The second-order valence-electron chi connectivity index (χ2n) is 6.96. The van der Waals surface area contributed by atoms with Gasteiger partial charge in [-0.05, 0) is 50.0 Å². The number of hydrogen-bond acceptors (Lipinski definition) is 4. The van der Waals surface area contributed by atoms with Crippen molar-refractivity contribution in [2.75, 3.05) is 0 Å². The molecule has 0 saturated carbocycles. The Kier molecular flexibility index (Phi) is 7.49. The van der Waals surface area contributed by atoms with Gasteiger partial charge in [0, 0.05) is 22.8 Å². The van der Waals surface area contributed by atoms with Crippen LogP contribution in [-0.2, 0) is 5.75 Å². The van der Waals surface area contributed by atoms with E-state index in [1.807, 2.05) is 31.8 Å². The second-order valence-corrected chi connectivity index (χ2v) is 8.13. The molecule has 0 amide bonds. The van der Waals surface area contributed by atoms with Gasteiger partial charge < -0.3 is 4.52 Å². The van der Waals surface area contributed by atoms with Crippen LogP contribution in [0.15, 0.2) is 69.8 Å². The van der Waals surface area contributed by atoms with Crippen molar-refractivity contribution in [2.45, 2.75) is 51.0 Å². The number of benzene rings is 1. The second kappa shape index (κ2) is 10.3. The Morgan fingerprint density at radius 1 is 1.21 bits per heavy atom. The minimum absolute atomic E-state index is 0.267. The van der Waals surface area contributed by atoms with E-state index in [0.717, 1.165) is 40.5 Å². The van der Waals surface area contributed by atoms with E-state index in [0.29, 0.717) is 0 Å². The Bertz CT molecular complexity index is 871. The highest BCUT2D eigenvalue weighted by Gasteiger charge is 2.16. The van der Waals surface area contributed by atoms with E-state index in [1.165, 1.54) is 18.4 Å². The van der Waals surface area contributed by atoms with Crippen LogP contribution in [-0.4, -0.2) is 16.6 Å². The molecule has 1 aromatic carbocycles. The summed E-state index contributed by atoms with van der Waals surface area (Å²) < 4.78 is 5.42. The molecule has 1 aromatic heterocycles. The molecule has 1 atom stereocenters. The zero-order chi connectivity index (χ0) is 19.8. The molecule has 1 aliphatic carbocycles. The molecular weight excluding hydrogens is 364 g/mol. The lowest BCUT2D eigenvalue weighted by Gasteiger charge is -2.09. The van der Waals surface area contributed by atoms with Crippen LogP contribution in [0.1, 0.15) is 48.8 Å². The van der Waals surface area contributed by atoms with Crippen LogP contribution >= 0.6 is 11.8 Å². The van der Waals surface area contributed by atoms with Crippen molar-refractivity contribution in [3.63, 3.8) is 0 Å². The first-order valence-electron chi connectivity index (χ1n) is 9.90. The Balaban J connectivity index is 1.84. The Labute approximate surface area is 172 Å². The van der Waals surface area contributed by atoms with E-state index in [1.54, 1.807) is 0 Å². The molecule has 3 nitrogen and oxygen atoms in total. The fraction of sp³-hybridized carbons (Fsp3) is 0.333. The van der Waals surface area contributed by atoms with Gasteiger partial charge in [0.15, 0.2) is 0 Å². The maximum Gasteiger partial charge on any atom is 0.141 e. The molecule has 0 spiro atoms. The highest BCUT2D eigenvalue weighted by Crippen LogP contribution is 2.31. The molecule has 0 N–H and O–H groups in total. The molecule has 0 fully saturated rings. The number of aryl methyl sites for hydroxylation is 2. The molecule has 2 aromatic rings. The van der Waals surface area contributed by atoms with Crippen LogP contribution in [0.4, 0.5) is 0 Å². The number of allylic oxidation sites excluding steroid dienone is 3. The van der Waals surface area contributed by atoms with Crippen LogP contribution in [0.25, 0.3) is 5.57 Å². The molecule has 28 heavy (non-hydrogen) atoms. The number of unbranched alkanes of at least 4 members (excludes halogenated alkanes) is 2. The van der Waals surface area contributed by atoms with Gasteiger partial charge in [-0.2, -0.15) is 0 Å². The molecule has 146 valence electrons. The van der Waals surface area contributed by atoms with Crippen molar-refractivity contribution in [3.8, 4) is 0 Å². The predicted molar refractivity (Wildman–Crippen MR) is 121 cm³/mol. The Morgan fingerprint density at radius 3 is 2.75 bits per heavy atom. The van der Waals surface area contributed by atoms with E-state index in [2.05, 4.69) is 66.7 Å². The quantitative estimate of drug-likeness (QED) is 0.371. The summed E-state index contributed by atoms with van der Waals surface area (Å²) in [6.07, 6.45) is 14.2. The van der Waals surface area contributed by atoms with Gasteiger partial charge >= 0.3 is 0 Å². The number of hydrogen-bond donors (Lipinski definition) is 0. The predicted octanol–water partition coefficient (Wildman–Crippen LogP) is 6.69. The Hall–Kier alpha value is -2.33. The fourth-order valence-corrected chi connectivity index (χ4v) is 4.16. The molecule has 0 aliphatic heterocycles. The number of aliphatic imine (C=N–C) groups is 1. The number of nitrogens with zero attached hydrogens (tertiary/aromatic N) is 2. The van der Waals surface area contributed by atoms with Gasteiger partial charge in [0.05, 0.1) is 11.4 Å². The van der Waals surface area contributed by atoms with Gasteiger partial charge in [0.2, 0.25) is 0 Å². The first-order valence-corrected chi connectivity index (χ1v) is 10.9. The average Bonchev–Trinajstić information content (AvgIpc) is 2.92. The first-order chi connectivity index (χ1) is 13.7. The van der Waals surface area contributed by atoms with Crippen LogP contribution in [0.5, 0.6) is 0 Å². The molecule has 1 unspecified atom stereocenters. The normalized spacial score (nSPS) is 16.9. The molecule has 3 rings (SSSR count). The lowest BCUT2D eigenvalue weighted by atomic mass is 10.0. The van der Waals surface area contributed by atoms with Crippen LogP contribution < -0.4 is 0 Å². The summed E-state index contributed by atoms with van der Waals surface area (Å²) in [5.74, 6) is 1.82. The number of aromatic nitrogens is 1. The average molecular weight is 393 g/mol. The molecule has 0 saturated heterocycles. The number of thioether (sulfide) groups is 1. The lowest BCUT2D eigenvalue weighted by molar-refractivity contribution is 0.393. The standard InChI is InChI=1S/C24H28N2OS/c1-4-5-9-14-25-22-12-13-23(28-17-20-10-7-6-8-11-20)16-21(15-22)24-18(2)26-27-19(24)3/h6-8,10-16,23H,4-5,9,17H2,1-3H3. The maximum absolute atomic E-state index is 5.42. The van der Waals surface area contributed by atoms with Crippen molar-refractivity contribution < 1.29 is 4.52 Å². The minimum atomic E-state index is 0.267. The SMILES string of the molecule is CCCCC=NC1=CC(c2c(C)noc2C)=CC(SCc2ccccc2)C=C1. The van der Waals surface area contributed by atoms with Crippen LogP contribution in [0.2, 0.25) is 0 Å². The zero-order valence-corrected chi connectivity index (χ0v) is 17.7.